The van der Waals surface area contributed by atoms with Crippen molar-refractivity contribution in [3.05, 3.63) is 41.5 Å². The summed E-state index contributed by atoms with van der Waals surface area (Å²) in [6.07, 6.45) is -3.73. The van der Waals surface area contributed by atoms with E-state index in [1.807, 2.05) is 0 Å². The minimum Gasteiger partial charge on any atom is -0.388 e. The van der Waals surface area contributed by atoms with Crippen LogP contribution in [0, 0.1) is 0 Å². The number of amides is 1. The number of aliphatic hydroxyl groups excluding tert-OH is 2. The Bertz CT molecular complexity index is 529. The zero-order valence-corrected chi connectivity index (χ0v) is 10.9. The number of likely N-dealkylation sites (tertiary alicyclic amines) is 1. The Morgan fingerprint density at radius 3 is 2.14 bits per heavy atom. The molecule has 0 aliphatic carbocycles. The normalized spacial score (nSPS) is 23.0. The number of benzene rings is 1. The lowest BCUT2D eigenvalue weighted by Gasteiger charge is -2.12. The first kappa shape index (κ1) is 15.5. The van der Waals surface area contributed by atoms with Crippen LogP contribution in [0.2, 0.25) is 0 Å². The molecule has 7 heteroatoms. The molecule has 2 N–H and O–H groups in total. The van der Waals surface area contributed by atoms with Crippen LogP contribution in [0.3, 0.4) is 0 Å². The van der Waals surface area contributed by atoms with Crippen molar-refractivity contribution >= 4 is 12.0 Å². The zero-order valence-electron chi connectivity index (χ0n) is 10.9. The van der Waals surface area contributed by atoms with Gasteiger partial charge >= 0.3 is 6.18 Å². The van der Waals surface area contributed by atoms with Crippen molar-refractivity contribution < 1.29 is 28.2 Å². The summed E-state index contributed by atoms with van der Waals surface area (Å²) in [5.74, 6) is -0.412. The van der Waals surface area contributed by atoms with Gasteiger partial charge in [0.1, 0.15) is 0 Å². The predicted molar refractivity (Wildman–Crippen MR) is 69.1 cm³/mol. The Morgan fingerprint density at radius 2 is 1.67 bits per heavy atom. The van der Waals surface area contributed by atoms with Gasteiger partial charge in [0.05, 0.1) is 17.8 Å². The summed E-state index contributed by atoms with van der Waals surface area (Å²) in [6, 6.07) is 4.40. The van der Waals surface area contributed by atoms with Crippen LogP contribution in [0.4, 0.5) is 13.2 Å². The van der Waals surface area contributed by atoms with E-state index in [-0.39, 0.29) is 13.1 Å². The Kier molecular flexibility index (Phi) is 4.34. The van der Waals surface area contributed by atoms with Crippen molar-refractivity contribution in [1.82, 2.24) is 4.90 Å². The second-order valence-electron chi connectivity index (χ2n) is 4.83. The van der Waals surface area contributed by atoms with Gasteiger partial charge in [-0.25, -0.2) is 0 Å². The predicted octanol–water partition coefficient (Wildman–Crippen LogP) is 1.28. The van der Waals surface area contributed by atoms with Crippen LogP contribution in [-0.4, -0.2) is 46.3 Å². The number of nitrogens with zero attached hydrogens (tertiary/aromatic N) is 1. The van der Waals surface area contributed by atoms with E-state index in [2.05, 4.69) is 0 Å². The number of hydrogen-bond acceptors (Lipinski definition) is 3. The second kappa shape index (κ2) is 5.87. The first-order chi connectivity index (χ1) is 9.77. The number of halogens is 3. The summed E-state index contributed by atoms with van der Waals surface area (Å²) < 4.78 is 37.2. The monoisotopic (exact) mass is 301 g/mol. The highest BCUT2D eigenvalue weighted by atomic mass is 19.4. The van der Waals surface area contributed by atoms with Gasteiger partial charge in [-0.1, -0.05) is 12.1 Å². The van der Waals surface area contributed by atoms with Crippen LogP contribution < -0.4 is 0 Å². The van der Waals surface area contributed by atoms with Gasteiger partial charge in [0.2, 0.25) is 5.91 Å². The Balaban J connectivity index is 2.00. The van der Waals surface area contributed by atoms with Gasteiger partial charge < -0.3 is 15.1 Å². The maximum atomic E-state index is 12.4. The van der Waals surface area contributed by atoms with Crippen LogP contribution >= 0.6 is 0 Å². The minimum atomic E-state index is -4.39. The van der Waals surface area contributed by atoms with E-state index < -0.39 is 29.9 Å². The standard InChI is InChI=1S/C14H14F3NO3/c15-14(16,17)10-4-1-9(2-5-10)3-6-13(21)18-7-11(19)12(20)8-18/h1-6,11-12,19-20H,7-8H2/b6-3+/t11-,12-/m1/s1. The average Bonchev–Trinajstić information content (AvgIpc) is 2.75. The molecule has 2 rings (SSSR count). The average molecular weight is 301 g/mol. The summed E-state index contributed by atoms with van der Waals surface area (Å²) >= 11 is 0. The molecule has 1 heterocycles. The number of hydrogen-bond donors (Lipinski definition) is 2. The van der Waals surface area contributed by atoms with E-state index in [0.29, 0.717) is 5.56 Å². The smallest absolute Gasteiger partial charge is 0.388 e. The van der Waals surface area contributed by atoms with Gasteiger partial charge in [-0.05, 0) is 23.8 Å². The second-order valence-corrected chi connectivity index (χ2v) is 4.83. The summed E-state index contributed by atoms with van der Waals surface area (Å²) in [5.41, 5.74) is -0.298. The fraction of sp³-hybridized carbons (Fsp3) is 0.357. The molecule has 0 saturated carbocycles. The lowest BCUT2D eigenvalue weighted by Crippen LogP contribution is -2.27. The molecule has 1 saturated heterocycles. The molecule has 114 valence electrons. The van der Waals surface area contributed by atoms with E-state index >= 15 is 0 Å². The molecule has 21 heavy (non-hydrogen) atoms. The largest absolute Gasteiger partial charge is 0.416 e. The highest BCUT2D eigenvalue weighted by Crippen LogP contribution is 2.29. The molecule has 1 aliphatic heterocycles. The van der Waals surface area contributed by atoms with Crippen molar-refractivity contribution in [3.8, 4) is 0 Å². The van der Waals surface area contributed by atoms with E-state index in [1.54, 1.807) is 0 Å². The van der Waals surface area contributed by atoms with Gasteiger partial charge in [0.25, 0.3) is 0 Å². The molecule has 1 fully saturated rings. The topological polar surface area (TPSA) is 60.8 Å². The minimum absolute atomic E-state index is 0.0390. The highest BCUT2D eigenvalue weighted by Gasteiger charge is 2.31. The Hall–Kier alpha value is -1.86. The summed E-state index contributed by atoms with van der Waals surface area (Å²) in [4.78, 5) is 13.0. The molecule has 1 aromatic rings. The maximum absolute atomic E-state index is 12.4. The molecule has 1 aliphatic rings. The highest BCUT2D eigenvalue weighted by molar-refractivity contribution is 5.92. The molecule has 0 aromatic heterocycles. The Morgan fingerprint density at radius 1 is 1.14 bits per heavy atom. The van der Waals surface area contributed by atoms with Crippen LogP contribution in [-0.2, 0) is 11.0 Å². The van der Waals surface area contributed by atoms with Gasteiger partial charge in [0.15, 0.2) is 0 Å². The van der Waals surface area contributed by atoms with Crippen LogP contribution in [0.15, 0.2) is 30.3 Å². The molecule has 1 amide bonds. The van der Waals surface area contributed by atoms with Gasteiger partial charge in [-0.15, -0.1) is 0 Å². The molecular formula is C14H14F3NO3. The third-order valence-electron chi connectivity index (χ3n) is 3.23. The molecule has 2 atom stereocenters. The van der Waals surface area contributed by atoms with Crippen LogP contribution in [0.5, 0.6) is 0 Å². The third kappa shape index (κ3) is 3.83. The lowest BCUT2D eigenvalue weighted by molar-refractivity contribution is -0.137. The van der Waals surface area contributed by atoms with Gasteiger partial charge in [-0.3, -0.25) is 4.79 Å². The quantitative estimate of drug-likeness (QED) is 0.809. The molecule has 0 bridgehead atoms. The van der Waals surface area contributed by atoms with Crippen molar-refractivity contribution in [2.45, 2.75) is 18.4 Å². The third-order valence-corrected chi connectivity index (χ3v) is 3.23. The number of aliphatic hydroxyl groups is 2. The van der Waals surface area contributed by atoms with Gasteiger partial charge in [0, 0.05) is 19.2 Å². The van der Waals surface area contributed by atoms with E-state index in [1.165, 1.54) is 29.2 Å². The first-order valence-corrected chi connectivity index (χ1v) is 6.28. The van der Waals surface area contributed by atoms with E-state index in [4.69, 9.17) is 0 Å². The van der Waals surface area contributed by atoms with E-state index in [0.717, 1.165) is 12.1 Å². The number of β-amino-alcohol motifs (C(OH)–C–C–N with tert-alkyl or cyclic N) is 2. The molecular weight excluding hydrogens is 287 g/mol. The Labute approximate surface area is 119 Å². The summed E-state index contributed by atoms with van der Waals surface area (Å²) in [7, 11) is 0. The number of alkyl halides is 3. The SMILES string of the molecule is O=C(/C=C/c1ccc(C(F)(F)F)cc1)N1C[C@@H](O)[C@H](O)C1. The summed E-state index contributed by atoms with van der Waals surface area (Å²) in [6.45, 7) is 0.0781. The van der Waals surface area contributed by atoms with Crippen LogP contribution in [0.1, 0.15) is 11.1 Å². The van der Waals surface area contributed by atoms with Crippen LogP contribution in [0.25, 0.3) is 6.08 Å². The van der Waals surface area contributed by atoms with Crippen molar-refractivity contribution in [3.63, 3.8) is 0 Å². The first-order valence-electron chi connectivity index (χ1n) is 6.28. The molecule has 4 nitrogen and oxygen atoms in total. The molecule has 0 spiro atoms. The molecule has 0 radical (unpaired) electrons. The van der Waals surface area contributed by atoms with Gasteiger partial charge in [-0.2, -0.15) is 13.2 Å². The summed E-state index contributed by atoms with van der Waals surface area (Å²) in [5, 5.41) is 18.7. The fourth-order valence-electron chi connectivity index (χ4n) is 2.01. The van der Waals surface area contributed by atoms with Crippen molar-refractivity contribution in [2.24, 2.45) is 0 Å². The zero-order chi connectivity index (χ0) is 15.6. The van der Waals surface area contributed by atoms with Crippen molar-refractivity contribution in [1.29, 1.82) is 0 Å². The number of carbonyl (C=O) groups excluding carboxylic acids is 1. The molecule has 1 aromatic carbocycles. The maximum Gasteiger partial charge on any atom is 0.416 e. The number of carbonyl (C=O) groups is 1. The fourth-order valence-corrected chi connectivity index (χ4v) is 2.01. The lowest BCUT2D eigenvalue weighted by atomic mass is 10.1. The van der Waals surface area contributed by atoms with E-state index in [9.17, 15) is 28.2 Å². The number of rotatable bonds is 2. The van der Waals surface area contributed by atoms with Crippen molar-refractivity contribution in [2.75, 3.05) is 13.1 Å². The molecule has 0 unspecified atom stereocenters.